The van der Waals surface area contributed by atoms with Crippen LogP contribution in [0.15, 0.2) is 60.7 Å². The van der Waals surface area contributed by atoms with Gasteiger partial charge < -0.3 is 10.2 Å². The average Bonchev–Trinajstić information content (AvgIpc) is 3.44. The molecule has 0 radical (unpaired) electrons. The Morgan fingerprint density at radius 3 is 1.85 bits per heavy atom. The van der Waals surface area contributed by atoms with Crippen LogP contribution in [0.1, 0.15) is 33.6 Å². The molecule has 0 aromatic heterocycles. The molecule has 0 amide bonds. The second kappa shape index (κ2) is 7.00. The molecule has 0 heterocycles. The molecule has 1 saturated carbocycles. The second-order valence-corrected chi connectivity index (χ2v) is 12.7. The fraction of sp³-hybridized carbons (Fsp3) is 0.409. The van der Waals surface area contributed by atoms with Crippen molar-refractivity contribution >= 4 is 18.7 Å². The van der Waals surface area contributed by atoms with Crippen LogP contribution in [0.4, 0.5) is 0 Å². The first-order valence-electron chi connectivity index (χ1n) is 9.28. The van der Waals surface area contributed by atoms with Gasteiger partial charge in [-0.15, -0.1) is 0 Å². The van der Waals surface area contributed by atoms with E-state index < -0.39 is 8.32 Å². The van der Waals surface area contributed by atoms with Gasteiger partial charge in [0.2, 0.25) is 0 Å². The minimum atomic E-state index is -2.57. The minimum Gasteiger partial charge on any atom is -0.406 e. The molecule has 3 nitrogen and oxygen atoms in total. The van der Waals surface area contributed by atoms with Gasteiger partial charge in [0, 0.05) is 6.04 Å². The van der Waals surface area contributed by atoms with Gasteiger partial charge in [0.15, 0.2) is 0 Å². The lowest BCUT2D eigenvalue weighted by atomic mass is 10.0. The number of benzene rings is 2. The molecular weight excluding hydrogens is 336 g/mol. The van der Waals surface area contributed by atoms with Crippen LogP contribution in [-0.2, 0) is 4.43 Å². The maximum absolute atomic E-state index is 9.48. The standard InChI is InChI=1S/C22H28N2OSi/c1-21(2,3)26(18-10-6-4-7-11-18,19-12-8-5-9-13-19)25-16-20(24)22(17-23)14-15-22/h4-13,20H,14-16,24H2,1-3H3. The first kappa shape index (κ1) is 18.8. The van der Waals surface area contributed by atoms with E-state index in [9.17, 15) is 5.26 Å². The summed E-state index contributed by atoms with van der Waals surface area (Å²) in [7, 11) is -2.57. The van der Waals surface area contributed by atoms with Gasteiger partial charge in [-0.3, -0.25) is 0 Å². The van der Waals surface area contributed by atoms with Gasteiger partial charge in [0.25, 0.3) is 8.32 Å². The van der Waals surface area contributed by atoms with Crippen LogP contribution < -0.4 is 16.1 Å². The molecule has 0 saturated heterocycles. The number of nitriles is 1. The van der Waals surface area contributed by atoms with Crippen molar-refractivity contribution in [2.75, 3.05) is 6.61 Å². The van der Waals surface area contributed by atoms with E-state index in [0.29, 0.717) is 6.61 Å². The summed E-state index contributed by atoms with van der Waals surface area (Å²) in [6, 6.07) is 23.3. The Labute approximate surface area is 157 Å². The summed E-state index contributed by atoms with van der Waals surface area (Å²) < 4.78 is 6.82. The first-order valence-corrected chi connectivity index (χ1v) is 11.2. The van der Waals surface area contributed by atoms with Gasteiger partial charge in [-0.05, 0) is 28.3 Å². The van der Waals surface area contributed by atoms with Crippen molar-refractivity contribution in [3.8, 4) is 6.07 Å². The summed E-state index contributed by atoms with van der Waals surface area (Å²) in [5.41, 5.74) is 6.02. The third kappa shape index (κ3) is 3.23. The summed E-state index contributed by atoms with van der Waals surface area (Å²) in [5.74, 6) is 0. The monoisotopic (exact) mass is 364 g/mol. The van der Waals surface area contributed by atoms with E-state index in [1.54, 1.807) is 0 Å². The highest BCUT2D eigenvalue weighted by molar-refractivity contribution is 6.99. The number of rotatable bonds is 6. The number of hydrogen-bond acceptors (Lipinski definition) is 3. The number of hydrogen-bond donors (Lipinski definition) is 1. The minimum absolute atomic E-state index is 0.0707. The molecule has 2 N–H and O–H groups in total. The van der Waals surface area contributed by atoms with Crippen molar-refractivity contribution in [1.82, 2.24) is 0 Å². The van der Waals surface area contributed by atoms with Crippen molar-refractivity contribution < 1.29 is 4.43 Å². The average molecular weight is 365 g/mol. The number of nitrogens with zero attached hydrogens (tertiary/aromatic N) is 1. The van der Waals surface area contributed by atoms with E-state index in [1.807, 2.05) is 12.1 Å². The highest BCUT2D eigenvalue weighted by Crippen LogP contribution is 2.48. The van der Waals surface area contributed by atoms with E-state index >= 15 is 0 Å². The lowest BCUT2D eigenvalue weighted by molar-refractivity contribution is 0.244. The van der Waals surface area contributed by atoms with E-state index in [4.69, 9.17) is 10.2 Å². The van der Waals surface area contributed by atoms with Crippen LogP contribution in [-0.4, -0.2) is 21.0 Å². The zero-order valence-corrected chi connectivity index (χ0v) is 16.9. The van der Waals surface area contributed by atoms with E-state index in [-0.39, 0.29) is 16.5 Å². The van der Waals surface area contributed by atoms with Gasteiger partial charge >= 0.3 is 0 Å². The molecule has 1 atom stereocenters. The molecule has 2 aromatic rings. The maximum Gasteiger partial charge on any atom is 0.261 e. The molecule has 0 spiro atoms. The normalized spacial score (nSPS) is 17.3. The number of nitrogens with two attached hydrogens (primary N) is 1. The quantitative estimate of drug-likeness (QED) is 0.801. The molecule has 1 aliphatic rings. The van der Waals surface area contributed by atoms with Crippen LogP contribution in [0.3, 0.4) is 0 Å². The Morgan fingerprint density at radius 2 is 1.50 bits per heavy atom. The van der Waals surface area contributed by atoms with Gasteiger partial charge in [-0.2, -0.15) is 5.26 Å². The lowest BCUT2D eigenvalue weighted by Gasteiger charge is -2.43. The van der Waals surface area contributed by atoms with Gasteiger partial charge in [0.1, 0.15) is 0 Å². The highest BCUT2D eigenvalue weighted by atomic mass is 28.4. The molecule has 1 aliphatic carbocycles. The Morgan fingerprint density at radius 1 is 1.04 bits per heavy atom. The molecule has 0 aliphatic heterocycles. The molecule has 26 heavy (non-hydrogen) atoms. The predicted octanol–water partition coefficient (Wildman–Crippen LogP) is 3.19. The molecule has 1 unspecified atom stereocenters. The summed E-state index contributed by atoms with van der Waals surface area (Å²) >= 11 is 0. The van der Waals surface area contributed by atoms with E-state index in [1.165, 1.54) is 10.4 Å². The van der Waals surface area contributed by atoms with Crippen LogP contribution in [0.2, 0.25) is 5.04 Å². The van der Waals surface area contributed by atoms with Gasteiger partial charge in [-0.25, -0.2) is 0 Å². The van der Waals surface area contributed by atoms with Crippen LogP contribution in [0, 0.1) is 16.7 Å². The molecular formula is C22H28N2OSi. The highest BCUT2D eigenvalue weighted by Gasteiger charge is 2.53. The molecule has 2 aromatic carbocycles. The third-order valence-electron chi connectivity index (χ3n) is 5.62. The van der Waals surface area contributed by atoms with Crippen molar-refractivity contribution in [3.63, 3.8) is 0 Å². The largest absolute Gasteiger partial charge is 0.406 e. The second-order valence-electron chi connectivity index (χ2n) is 8.35. The molecule has 1 fully saturated rings. The fourth-order valence-corrected chi connectivity index (χ4v) is 8.42. The molecule has 3 rings (SSSR count). The lowest BCUT2D eigenvalue weighted by Crippen LogP contribution is -2.67. The smallest absolute Gasteiger partial charge is 0.261 e. The predicted molar refractivity (Wildman–Crippen MR) is 109 cm³/mol. The van der Waals surface area contributed by atoms with Crippen LogP contribution in [0.5, 0.6) is 0 Å². The zero-order valence-electron chi connectivity index (χ0n) is 15.9. The summed E-state index contributed by atoms with van der Waals surface area (Å²) in [6.45, 7) is 7.17. The third-order valence-corrected chi connectivity index (χ3v) is 10.6. The Kier molecular flexibility index (Phi) is 5.07. The maximum atomic E-state index is 9.48. The first-order chi connectivity index (χ1) is 12.4. The summed E-state index contributed by atoms with van der Waals surface area (Å²) in [5, 5.41) is 11.9. The SMILES string of the molecule is CC(C)(C)[Si](OCC(N)C1(C#N)CC1)(c1ccccc1)c1ccccc1. The van der Waals surface area contributed by atoms with Crippen molar-refractivity contribution in [3.05, 3.63) is 60.7 Å². The van der Waals surface area contributed by atoms with E-state index in [2.05, 4.69) is 75.4 Å². The Bertz CT molecular complexity index is 734. The van der Waals surface area contributed by atoms with E-state index in [0.717, 1.165) is 12.8 Å². The van der Waals surface area contributed by atoms with Crippen molar-refractivity contribution in [2.24, 2.45) is 11.1 Å². The van der Waals surface area contributed by atoms with Crippen LogP contribution >= 0.6 is 0 Å². The summed E-state index contributed by atoms with van der Waals surface area (Å²) in [6.07, 6.45) is 1.77. The molecule has 136 valence electrons. The summed E-state index contributed by atoms with van der Waals surface area (Å²) in [4.78, 5) is 0. The van der Waals surface area contributed by atoms with Gasteiger partial charge in [0.05, 0.1) is 18.1 Å². The Balaban J connectivity index is 2.05. The topological polar surface area (TPSA) is 59.0 Å². The van der Waals surface area contributed by atoms with Crippen LogP contribution in [0.25, 0.3) is 0 Å². The molecule has 0 bridgehead atoms. The molecule has 4 heteroatoms. The zero-order chi connectivity index (χ0) is 18.8. The Hall–Kier alpha value is -1.93. The van der Waals surface area contributed by atoms with Crippen molar-refractivity contribution in [1.29, 1.82) is 5.26 Å². The van der Waals surface area contributed by atoms with Gasteiger partial charge in [-0.1, -0.05) is 81.4 Å². The van der Waals surface area contributed by atoms with Crippen molar-refractivity contribution in [2.45, 2.75) is 44.7 Å². The fourth-order valence-electron chi connectivity index (χ4n) is 3.84.